The van der Waals surface area contributed by atoms with E-state index in [2.05, 4.69) is 6.92 Å². The Balaban J connectivity index is 4.01. The van der Waals surface area contributed by atoms with Crippen LogP contribution in [-0.2, 0) is 14.3 Å². The fourth-order valence-corrected chi connectivity index (χ4v) is 3.76. The molecule has 0 heterocycles. The molecule has 0 aliphatic heterocycles. The first-order valence-electron chi connectivity index (χ1n) is 13.6. The maximum Gasteiger partial charge on any atom is 0.410 e. The molecule has 0 saturated heterocycles. The van der Waals surface area contributed by atoms with Crippen LogP contribution in [0.3, 0.4) is 0 Å². The van der Waals surface area contributed by atoms with Crippen LogP contribution in [0.2, 0.25) is 0 Å². The van der Waals surface area contributed by atoms with E-state index in [9.17, 15) is 9.59 Å². The van der Waals surface area contributed by atoms with Gasteiger partial charge in [0.25, 0.3) is 0 Å². The van der Waals surface area contributed by atoms with Crippen molar-refractivity contribution in [2.75, 3.05) is 20.3 Å². The first kappa shape index (κ1) is 31.7. The van der Waals surface area contributed by atoms with Crippen LogP contribution in [-0.4, -0.2) is 43.3 Å². The summed E-state index contributed by atoms with van der Waals surface area (Å²) in [6, 6.07) is -0.598. The number of esters is 1. The van der Waals surface area contributed by atoms with Crippen molar-refractivity contribution >= 4 is 12.1 Å². The molecular weight excluding hydrogens is 414 g/mol. The molecule has 0 aromatic carbocycles. The number of likely N-dealkylation sites (N-methyl/N-ethyl adjacent to an activating group) is 1. The van der Waals surface area contributed by atoms with Gasteiger partial charge >= 0.3 is 12.1 Å². The number of amides is 1. The minimum absolute atomic E-state index is 0.112. The minimum atomic E-state index is -0.598. The molecule has 1 amide bonds. The predicted octanol–water partition coefficient (Wildman–Crippen LogP) is 8.15. The third kappa shape index (κ3) is 18.8. The summed E-state index contributed by atoms with van der Waals surface area (Å²) in [5.74, 6) is -0.0467. The number of rotatable bonds is 19. The molecule has 0 aliphatic carbocycles. The lowest BCUT2D eigenvalue weighted by atomic mass is 9.99. The van der Waals surface area contributed by atoms with Crippen LogP contribution in [0.15, 0.2) is 0 Å². The highest BCUT2D eigenvalue weighted by Gasteiger charge is 2.30. The van der Waals surface area contributed by atoms with Crippen LogP contribution in [0.1, 0.15) is 131 Å². The van der Waals surface area contributed by atoms with Crippen molar-refractivity contribution < 1.29 is 19.1 Å². The number of carbonyl (C=O) groups excluding carboxylic acids is 2. The summed E-state index contributed by atoms with van der Waals surface area (Å²) >= 11 is 0. The van der Waals surface area contributed by atoms with Crippen molar-refractivity contribution in [3.63, 3.8) is 0 Å². The molecule has 0 spiro atoms. The third-order valence-corrected chi connectivity index (χ3v) is 5.84. The van der Waals surface area contributed by atoms with Crippen LogP contribution in [0, 0.1) is 11.3 Å². The largest absolute Gasteiger partial charge is 0.464 e. The summed E-state index contributed by atoms with van der Waals surface area (Å²) in [4.78, 5) is 26.5. The van der Waals surface area contributed by atoms with Gasteiger partial charge in [-0.2, -0.15) is 0 Å². The van der Waals surface area contributed by atoms with E-state index in [-0.39, 0.29) is 17.3 Å². The van der Waals surface area contributed by atoms with Crippen LogP contribution in [0.4, 0.5) is 4.79 Å². The van der Waals surface area contributed by atoms with Crippen molar-refractivity contribution in [3.8, 4) is 0 Å². The Morgan fingerprint density at radius 1 is 0.758 bits per heavy atom. The Kier molecular flexibility index (Phi) is 18.4. The minimum Gasteiger partial charge on any atom is -0.464 e. The van der Waals surface area contributed by atoms with Crippen molar-refractivity contribution in [3.05, 3.63) is 0 Å². The van der Waals surface area contributed by atoms with Crippen LogP contribution in [0.25, 0.3) is 0 Å². The molecule has 5 heteroatoms. The summed E-state index contributed by atoms with van der Waals surface area (Å²) in [6.45, 7) is 13.1. The molecule has 196 valence electrons. The first-order valence-corrected chi connectivity index (χ1v) is 13.6. The Bertz CT molecular complexity index is 499. The molecule has 33 heavy (non-hydrogen) atoms. The standard InChI is InChI=1S/C28H55NO4/c1-8-9-10-11-12-13-14-15-16-17-18-19-20-21-32-26(30)25(22-24(2)3)29(7)27(31)33-23-28(4,5)6/h24-25H,8-23H2,1-7H3. The summed E-state index contributed by atoms with van der Waals surface area (Å²) in [6.07, 6.45) is 16.8. The maximum absolute atomic E-state index is 12.7. The molecule has 0 radical (unpaired) electrons. The van der Waals surface area contributed by atoms with E-state index >= 15 is 0 Å². The van der Waals surface area contributed by atoms with Crippen molar-refractivity contribution in [1.29, 1.82) is 0 Å². The fourth-order valence-electron chi connectivity index (χ4n) is 3.76. The average Bonchev–Trinajstić information content (AvgIpc) is 2.74. The fraction of sp³-hybridized carbons (Fsp3) is 0.929. The number of ether oxygens (including phenoxy) is 2. The Morgan fingerprint density at radius 3 is 1.64 bits per heavy atom. The van der Waals surface area contributed by atoms with Crippen LogP contribution < -0.4 is 0 Å². The number of nitrogens with zero attached hydrogens (tertiary/aromatic N) is 1. The molecule has 0 saturated carbocycles. The zero-order chi connectivity index (χ0) is 25.1. The van der Waals surface area contributed by atoms with Gasteiger partial charge in [-0.15, -0.1) is 0 Å². The van der Waals surface area contributed by atoms with Gasteiger partial charge in [0, 0.05) is 7.05 Å². The lowest BCUT2D eigenvalue weighted by Gasteiger charge is -2.28. The van der Waals surface area contributed by atoms with Crippen molar-refractivity contribution in [1.82, 2.24) is 4.90 Å². The SMILES string of the molecule is CCCCCCCCCCCCCCCOC(=O)C(CC(C)C)N(C)C(=O)OCC(C)(C)C. The normalized spacial score (nSPS) is 12.6. The highest BCUT2D eigenvalue weighted by Crippen LogP contribution is 2.17. The second kappa shape index (κ2) is 19.1. The van der Waals surface area contributed by atoms with Crippen LogP contribution >= 0.6 is 0 Å². The van der Waals surface area contributed by atoms with Crippen LogP contribution in [0.5, 0.6) is 0 Å². The van der Waals surface area contributed by atoms with E-state index in [1.165, 1.54) is 75.5 Å². The summed E-state index contributed by atoms with van der Waals surface area (Å²) in [7, 11) is 1.63. The Labute approximate surface area is 205 Å². The Morgan fingerprint density at radius 2 is 1.21 bits per heavy atom. The lowest BCUT2D eigenvalue weighted by molar-refractivity contribution is -0.149. The molecule has 0 fully saturated rings. The number of carbonyl (C=O) groups is 2. The van der Waals surface area contributed by atoms with E-state index in [1.54, 1.807) is 7.05 Å². The molecule has 0 N–H and O–H groups in total. The second-order valence-electron chi connectivity index (χ2n) is 11.3. The lowest BCUT2D eigenvalue weighted by Crippen LogP contribution is -2.45. The molecule has 0 rings (SSSR count). The number of hydrogen-bond donors (Lipinski definition) is 0. The Hall–Kier alpha value is -1.26. The third-order valence-electron chi connectivity index (χ3n) is 5.84. The van der Waals surface area contributed by atoms with Gasteiger partial charge in [0.2, 0.25) is 0 Å². The molecule has 0 aliphatic rings. The molecule has 5 nitrogen and oxygen atoms in total. The maximum atomic E-state index is 12.7. The first-order chi connectivity index (χ1) is 15.6. The highest BCUT2D eigenvalue weighted by molar-refractivity contribution is 5.81. The monoisotopic (exact) mass is 469 g/mol. The zero-order valence-corrected chi connectivity index (χ0v) is 23.0. The van der Waals surface area contributed by atoms with Gasteiger partial charge in [0.1, 0.15) is 6.04 Å². The number of unbranched alkanes of at least 4 members (excludes halogenated alkanes) is 12. The summed E-state index contributed by atoms with van der Waals surface area (Å²) < 4.78 is 10.9. The van der Waals surface area contributed by atoms with Crippen molar-refractivity contribution in [2.45, 2.75) is 137 Å². The van der Waals surface area contributed by atoms with Gasteiger partial charge < -0.3 is 9.47 Å². The van der Waals surface area contributed by atoms with Gasteiger partial charge in [-0.25, -0.2) is 9.59 Å². The van der Waals surface area contributed by atoms with E-state index < -0.39 is 12.1 Å². The summed E-state index contributed by atoms with van der Waals surface area (Å²) in [5, 5.41) is 0. The van der Waals surface area contributed by atoms with Gasteiger partial charge in [0.15, 0.2) is 0 Å². The molecule has 1 unspecified atom stereocenters. The predicted molar refractivity (Wildman–Crippen MR) is 138 cm³/mol. The van der Waals surface area contributed by atoms with E-state index in [1.807, 2.05) is 34.6 Å². The topological polar surface area (TPSA) is 55.8 Å². The van der Waals surface area contributed by atoms with E-state index in [0.717, 1.165) is 12.8 Å². The molecule has 1 atom stereocenters. The van der Waals surface area contributed by atoms with Gasteiger partial charge in [0.05, 0.1) is 13.2 Å². The van der Waals surface area contributed by atoms with E-state index in [4.69, 9.17) is 9.47 Å². The van der Waals surface area contributed by atoms with Gasteiger partial charge in [-0.3, -0.25) is 4.90 Å². The van der Waals surface area contributed by atoms with E-state index in [0.29, 0.717) is 19.6 Å². The van der Waals surface area contributed by atoms with Gasteiger partial charge in [-0.05, 0) is 24.2 Å². The van der Waals surface area contributed by atoms with Gasteiger partial charge in [-0.1, -0.05) is 119 Å². The quantitative estimate of drug-likeness (QED) is 0.141. The average molecular weight is 470 g/mol. The molecule has 0 aromatic rings. The second-order valence-corrected chi connectivity index (χ2v) is 11.3. The highest BCUT2D eigenvalue weighted by atomic mass is 16.6. The number of hydrogen-bond acceptors (Lipinski definition) is 4. The van der Waals surface area contributed by atoms with Crippen molar-refractivity contribution in [2.24, 2.45) is 11.3 Å². The summed E-state index contributed by atoms with van der Waals surface area (Å²) in [5.41, 5.74) is -0.112. The molecule has 0 bridgehead atoms. The molecule has 0 aromatic heterocycles. The molecular formula is C28H55NO4. The smallest absolute Gasteiger partial charge is 0.410 e. The zero-order valence-electron chi connectivity index (χ0n) is 23.0.